The summed E-state index contributed by atoms with van der Waals surface area (Å²) < 4.78 is 6.18. The summed E-state index contributed by atoms with van der Waals surface area (Å²) in [7, 11) is 1.66. The van der Waals surface area contributed by atoms with Gasteiger partial charge in [0.15, 0.2) is 0 Å². The first-order chi connectivity index (χ1) is 9.65. The van der Waals surface area contributed by atoms with E-state index in [1.54, 1.807) is 7.11 Å². The maximum absolute atomic E-state index is 9.70. The lowest BCUT2D eigenvalue weighted by atomic mass is 9.90. The van der Waals surface area contributed by atoms with Gasteiger partial charge in [0.25, 0.3) is 0 Å². The Hall–Kier alpha value is -1.32. The summed E-state index contributed by atoms with van der Waals surface area (Å²) in [4.78, 5) is 0. The first kappa shape index (κ1) is 15.1. The zero-order valence-corrected chi connectivity index (χ0v) is 13.4. The Morgan fingerprint density at radius 3 is 2.55 bits per heavy atom. The standard InChI is InChI=1S/C17H19BrO2/c1-12-5-3-4-6-15(12)14(11-19)9-13-7-8-17(20-2)16(18)10-13/h3-8,10,14,19H,9,11H2,1-2H3. The minimum absolute atomic E-state index is 0.122. The van der Waals surface area contributed by atoms with E-state index >= 15 is 0 Å². The van der Waals surface area contributed by atoms with Gasteiger partial charge in [-0.25, -0.2) is 0 Å². The van der Waals surface area contributed by atoms with Gasteiger partial charge < -0.3 is 9.84 Å². The third kappa shape index (κ3) is 3.41. The molecular formula is C17H19BrO2. The lowest BCUT2D eigenvalue weighted by Crippen LogP contribution is -2.09. The second kappa shape index (κ2) is 6.91. The highest BCUT2D eigenvalue weighted by molar-refractivity contribution is 9.10. The summed E-state index contributed by atoms with van der Waals surface area (Å²) in [5.74, 6) is 0.946. The molecule has 0 fully saturated rings. The number of rotatable bonds is 5. The molecule has 0 aromatic heterocycles. The predicted octanol–water partition coefficient (Wildman–Crippen LogP) is 4.08. The van der Waals surface area contributed by atoms with Crippen molar-refractivity contribution >= 4 is 15.9 Å². The summed E-state index contributed by atoms with van der Waals surface area (Å²) in [6.07, 6.45) is 0.809. The molecule has 2 rings (SSSR count). The lowest BCUT2D eigenvalue weighted by molar-refractivity contribution is 0.264. The molecule has 0 aliphatic rings. The van der Waals surface area contributed by atoms with E-state index in [-0.39, 0.29) is 12.5 Å². The average molecular weight is 335 g/mol. The molecule has 0 spiro atoms. The monoisotopic (exact) mass is 334 g/mol. The van der Waals surface area contributed by atoms with E-state index in [9.17, 15) is 5.11 Å². The molecule has 0 heterocycles. The van der Waals surface area contributed by atoms with Gasteiger partial charge in [-0.3, -0.25) is 0 Å². The molecule has 0 amide bonds. The normalized spacial score (nSPS) is 12.2. The predicted molar refractivity (Wildman–Crippen MR) is 85.4 cm³/mol. The number of ether oxygens (including phenoxy) is 1. The van der Waals surface area contributed by atoms with Crippen molar-refractivity contribution in [2.75, 3.05) is 13.7 Å². The van der Waals surface area contributed by atoms with Crippen molar-refractivity contribution in [1.82, 2.24) is 0 Å². The van der Waals surface area contributed by atoms with Crippen molar-refractivity contribution < 1.29 is 9.84 Å². The number of aryl methyl sites for hydroxylation is 1. The first-order valence-corrected chi connectivity index (χ1v) is 7.43. The van der Waals surface area contributed by atoms with Crippen molar-refractivity contribution in [1.29, 1.82) is 0 Å². The highest BCUT2D eigenvalue weighted by Crippen LogP contribution is 2.29. The van der Waals surface area contributed by atoms with E-state index in [1.807, 2.05) is 24.3 Å². The van der Waals surface area contributed by atoms with Crippen LogP contribution in [0.5, 0.6) is 5.75 Å². The Kier molecular flexibility index (Phi) is 5.21. The fourth-order valence-electron chi connectivity index (χ4n) is 2.44. The SMILES string of the molecule is COc1ccc(CC(CO)c2ccccc2C)cc1Br. The molecule has 0 saturated heterocycles. The summed E-state index contributed by atoms with van der Waals surface area (Å²) in [5.41, 5.74) is 3.61. The van der Waals surface area contributed by atoms with Crippen molar-refractivity contribution in [2.45, 2.75) is 19.3 Å². The highest BCUT2D eigenvalue weighted by atomic mass is 79.9. The molecule has 2 aromatic rings. The van der Waals surface area contributed by atoms with Crippen LogP contribution in [-0.2, 0) is 6.42 Å². The third-order valence-corrected chi connectivity index (χ3v) is 4.17. The van der Waals surface area contributed by atoms with Gasteiger partial charge >= 0.3 is 0 Å². The summed E-state index contributed by atoms with van der Waals surface area (Å²) >= 11 is 3.50. The van der Waals surface area contributed by atoms with E-state index in [0.29, 0.717) is 0 Å². The number of hydrogen-bond acceptors (Lipinski definition) is 2. The number of hydrogen-bond donors (Lipinski definition) is 1. The number of aliphatic hydroxyl groups is 1. The molecule has 20 heavy (non-hydrogen) atoms. The van der Waals surface area contributed by atoms with Crippen molar-refractivity contribution in [3.8, 4) is 5.75 Å². The smallest absolute Gasteiger partial charge is 0.133 e. The fraction of sp³-hybridized carbons (Fsp3) is 0.294. The number of halogens is 1. The summed E-state index contributed by atoms with van der Waals surface area (Å²) in [5, 5.41) is 9.70. The number of methoxy groups -OCH3 is 1. The Balaban J connectivity index is 2.23. The van der Waals surface area contributed by atoms with Crippen LogP contribution in [0.2, 0.25) is 0 Å². The summed E-state index contributed by atoms with van der Waals surface area (Å²) in [6.45, 7) is 2.23. The largest absolute Gasteiger partial charge is 0.496 e. The molecule has 1 unspecified atom stereocenters. The fourth-order valence-corrected chi connectivity index (χ4v) is 3.03. The van der Waals surface area contributed by atoms with E-state index in [0.717, 1.165) is 16.6 Å². The van der Waals surface area contributed by atoms with Crippen LogP contribution in [0, 0.1) is 6.92 Å². The summed E-state index contributed by atoms with van der Waals surface area (Å²) in [6, 6.07) is 14.3. The molecule has 3 heteroatoms. The van der Waals surface area contributed by atoms with E-state index in [1.165, 1.54) is 16.7 Å². The lowest BCUT2D eigenvalue weighted by Gasteiger charge is -2.17. The highest BCUT2D eigenvalue weighted by Gasteiger charge is 2.14. The molecule has 0 aliphatic carbocycles. The Labute approximate surface area is 128 Å². The zero-order valence-electron chi connectivity index (χ0n) is 11.8. The molecule has 1 N–H and O–H groups in total. The maximum atomic E-state index is 9.70. The van der Waals surface area contributed by atoms with Gasteiger partial charge in [-0.1, -0.05) is 30.3 Å². The van der Waals surface area contributed by atoms with Crippen molar-refractivity contribution in [3.05, 3.63) is 63.6 Å². The van der Waals surface area contributed by atoms with E-state index in [4.69, 9.17) is 4.74 Å². The minimum Gasteiger partial charge on any atom is -0.496 e. The van der Waals surface area contributed by atoms with E-state index < -0.39 is 0 Å². The molecule has 2 nitrogen and oxygen atoms in total. The number of benzene rings is 2. The van der Waals surface area contributed by atoms with Gasteiger partial charge in [-0.2, -0.15) is 0 Å². The molecule has 106 valence electrons. The second-order valence-corrected chi connectivity index (χ2v) is 5.76. The molecule has 0 bridgehead atoms. The van der Waals surface area contributed by atoms with Gasteiger partial charge in [0.1, 0.15) is 5.75 Å². The topological polar surface area (TPSA) is 29.5 Å². The van der Waals surface area contributed by atoms with Crippen LogP contribution in [-0.4, -0.2) is 18.8 Å². The van der Waals surface area contributed by atoms with Gasteiger partial charge in [0.2, 0.25) is 0 Å². The van der Waals surface area contributed by atoms with Gasteiger partial charge in [-0.15, -0.1) is 0 Å². The maximum Gasteiger partial charge on any atom is 0.133 e. The second-order valence-electron chi connectivity index (χ2n) is 4.91. The van der Waals surface area contributed by atoms with Crippen molar-refractivity contribution in [3.63, 3.8) is 0 Å². The quantitative estimate of drug-likeness (QED) is 0.892. The van der Waals surface area contributed by atoms with Crippen LogP contribution >= 0.6 is 15.9 Å². The first-order valence-electron chi connectivity index (χ1n) is 6.64. The van der Waals surface area contributed by atoms with Crippen LogP contribution < -0.4 is 4.74 Å². The molecule has 0 saturated carbocycles. The Bertz CT molecular complexity index is 581. The zero-order chi connectivity index (χ0) is 14.5. The molecular weight excluding hydrogens is 316 g/mol. The Morgan fingerprint density at radius 1 is 1.20 bits per heavy atom. The molecule has 0 radical (unpaired) electrons. The van der Waals surface area contributed by atoms with Crippen LogP contribution in [0.15, 0.2) is 46.9 Å². The van der Waals surface area contributed by atoms with Crippen LogP contribution in [0.25, 0.3) is 0 Å². The molecule has 1 atom stereocenters. The average Bonchev–Trinajstić information content (AvgIpc) is 2.46. The van der Waals surface area contributed by atoms with E-state index in [2.05, 4.69) is 41.1 Å². The third-order valence-electron chi connectivity index (χ3n) is 3.55. The van der Waals surface area contributed by atoms with Gasteiger partial charge in [0, 0.05) is 5.92 Å². The van der Waals surface area contributed by atoms with Crippen LogP contribution in [0.1, 0.15) is 22.6 Å². The minimum atomic E-state index is 0.122. The van der Waals surface area contributed by atoms with Crippen molar-refractivity contribution in [2.24, 2.45) is 0 Å². The van der Waals surface area contributed by atoms with Gasteiger partial charge in [-0.05, 0) is 58.1 Å². The molecule has 2 aromatic carbocycles. The van der Waals surface area contributed by atoms with Crippen LogP contribution in [0.4, 0.5) is 0 Å². The number of aliphatic hydroxyl groups excluding tert-OH is 1. The van der Waals surface area contributed by atoms with Gasteiger partial charge in [0.05, 0.1) is 18.2 Å². The Morgan fingerprint density at radius 2 is 1.95 bits per heavy atom. The van der Waals surface area contributed by atoms with Crippen LogP contribution in [0.3, 0.4) is 0 Å². The molecule has 0 aliphatic heterocycles.